The van der Waals surface area contributed by atoms with Crippen LogP contribution in [0.3, 0.4) is 0 Å². The number of alkyl halides is 1. The van der Waals surface area contributed by atoms with Crippen molar-refractivity contribution in [1.29, 1.82) is 0 Å². The van der Waals surface area contributed by atoms with Crippen LogP contribution < -0.4 is 14.8 Å². The van der Waals surface area contributed by atoms with Gasteiger partial charge in [0.2, 0.25) is 0 Å². The molecule has 1 fully saturated rings. The molecule has 0 spiro atoms. The van der Waals surface area contributed by atoms with Crippen LogP contribution in [0.5, 0.6) is 17.2 Å². The standard InChI is InChI=1S/C31H32ClFN2O3/c32-30-28(36)9-7-26-29(20-2-5-23(6-3-20)38-24-11-16-35(19-24)15-1-13-33)25(12-17-37-31(26)30)21-4-8-27-22(18-21)10-14-34-27/h2-9,18,24,34,36H,1,10-17,19H2/t24-/m0/s1. The van der Waals surface area contributed by atoms with E-state index in [0.29, 0.717) is 25.2 Å². The molecule has 0 saturated carbocycles. The van der Waals surface area contributed by atoms with Crippen molar-refractivity contribution in [3.05, 3.63) is 81.9 Å². The SMILES string of the molecule is Oc1ccc2c(c1Cl)OCCC(c1ccc3c(c1)CCN3)=C2c1ccc(O[C@H]2CCN(CCCF)C2)cc1. The van der Waals surface area contributed by atoms with E-state index in [2.05, 4.69) is 40.5 Å². The highest BCUT2D eigenvalue weighted by atomic mass is 35.5. The molecular formula is C31H32ClFN2O3. The van der Waals surface area contributed by atoms with Gasteiger partial charge in [0, 0.05) is 43.9 Å². The minimum absolute atomic E-state index is 0.0118. The van der Waals surface area contributed by atoms with Crippen molar-refractivity contribution in [3.63, 3.8) is 0 Å². The Kier molecular flexibility index (Phi) is 7.18. The number of aromatic hydroxyl groups is 1. The second kappa shape index (κ2) is 10.9. The zero-order chi connectivity index (χ0) is 26.1. The number of anilines is 1. The number of hydrogen-bond acceptors (Lipinski definition) is 5. The molecule has 3 aromatic carbocycles. The summed E-state index contributed by atoms with van der Waals surface area (Å²) < 4.78 is 24.9. The molecule has 198 valence electrons. The highest BCUT2D eigenvalue weighted by molar-refractivity contribution is 6.34. The van der Waals surface area contributed by atoms with Gasteiger partial charge in [-0.2, -0.15) is 0 Å². The maximum absolute atomic E-state index is 12.5. The lowest BCUT2D eigenvalue weighted by Crippen LogP contribution is -2.26. The van der Waals surface area contributed by atoms with E-state index in [1.54, 1.807) is 6.07 Å². The summed E-state index contributed by atoms with van der Waals surface area (Å²) in [5, 5.41) is 14.0. The van der Waals surface area contributed by atoms with E-state index in [4.69, 9.17) is 21.1 Å². The van der Waals surface area contributed by atoms with Crippen molar-refractivity contribution in [3.8, 4) is 17.2 Å². The third-order valence-electron chi connectivity index (χ3n) is 7.69. The van der Waals surface area contributed by atoms with Crippen LogP contribution in [0.2, 0.25) is 5.02 Å². The summed E-state index contributed by atoms with van der Waals surface area (Å²) >= 11 is 6.52. The summed E-state index contributed by atoms with van der Waals surface area (Å²) in [5.41, 5.74) is 7.84. The van der Waals surface area contributed by atoms with Crippen molar-refractivity contribution >= 4 is 28.4 Å². The second-order valence-electron chi connectivity index (χ2n) is 10.2. The van der Waals surface area contributed by atoms with Gasteiger partial charge in [-0.05, 0) is 83.5 Å². The average Bonchev–Trinajstić information content (AvgIpc) is 3.55. The monoisotopic (exact) mass is 534 g/mol. The Bertz CT molecular complexity index is 1360. The summed E-state index contributed by atoms with van der Waals surface area (Å²) in [5.74, 6) is 1.35. The number of benzene rings is 3. The van der Waals surface area contributed by atoms with Gasteiger partial charge in [-0.25, -0.2) is 0 Å². The lowest BCUT2D eigenvalue weighted by atomic mass is 9.87. The number of phenolic OH excluding ortho intramolecular Hbond substituents is 1. The van der Waals surface area contributed by atoms with Crippen LogP contribution in [-0.4, -0.2) is 55.6 Å². The summed E-state index contributed by atoms with van der Waals surface area (Å²) in [6.45, 7) is 3.71. The van der Waals surface area contributed by atoms with Crippen LogP contribution in [0, 0.1) is 0 Å². The van der Waals surface area contributed by atoms with Crippen molar-refractivity contribution in [2.45, 2.75) is 31.8 Å². The number of nitrogens with one attached hydrogen (secondary N) is 1. The first-order chi connectivity index (χ1) is 18.6. The predicted octanol–water partition coefficient (Wildman–Crippen LogP) is 6.57. The van der Waals surface area contributed by atoms with Crippen LogP contribution in [0.4, 0.5) is 10.1 Å². The number of fused-ring (bicyclic) bond motifs is 2. The van der Waals surface area contributed by atoms with E-state index < -0.39 is 0 Å². The summed E-state index contributed by atoms with van der Waals surface area (Å²) in [4.78, 5) is 2.27. The first kappa shape index (κ1) is 25.1. The minimum atomic E-state index is -0.275. The molecule has 0 bridgehead atoms. The molecule has 0 aliphatic carbocycles. The molecule has 1 atom stereocenters. The number of phenols is 1. The fourth-order valence-corrected chi connectivity index (χ4v) is 6.03. The van der Waals surface area contributed by atoms with Gasteiger partial charge in [0.1, 0.15) is 28.4 Å². The highest BCUT2D eigenvalue weighted by Gasteiger charge is 2.26. The van der Waals surface area contributed by atoms with E-state index >= 15 is 0 Å². The fourth-order valence-electron chi connectivity index (χ4n) is 5.81. The molecule has 0 unspecified atom stereocenters. The van der Waals surface area contributed by atoms with E-state index in [1.807, 2.05) is 18.2 Å². The maximum atomic E-state index is 12.5. The molecular weight excluding hydrogens is 503 g/mol. The topological polar surface area (TPSA) is 54.0 Å². The lowest BCUT2D eigenvalue weighted by Gasteiger charge is -2.18. The Morgan fingerprint density at radius 3 is 2.76 bits per heavy atom. The average molecular weight is 535 g/mol. The summed E-state index contributed by atoms with van der Waals surface area (Å²) in [6.07, 6.45) is 3.36. The molecule has 3 heterocycles. The van der Waals surface area contributed by atoms with Gasteiger partial charge in [0.05, 0.1) is 13.3 Å². The molecule has 38 heavy (non-hydrogen) atoms. The zero-order valence-corrected chi connectivity index (χ0v) is 22.1. The summed E-state index contributed by atoms with van der Waals surface area (Å²) in [7, 11) is 0. The van der Waals surface area contributed by atoms with Gasteiger partial charge < -0.3 is 19.9 Å². The number of hydrogen-bond donors (Lipinski definition) is 2. The predicted molar refractivity (Wildman–Crippen MR) is 150 cm³/mol. The Morgan fingerprint density at radius 2 is 1.92 bits per heavy atom. The zero-order valence-electron chi connectivity index (χ0n) is 21.3. The largest absolute Gasteiger partial charge is 0.506 e. The van der Waals surface area contributed by atoms with Crippen LogP contribution >= 0.6 is 11.6 Å². The second-order valence-corrected chi connectivity index (χ2v) is 10.6. The Labute approximate surface area is 227 Å². The number of ether oxygens (including phenoxy) is 2. The molecule has 3 aromatic rings. The molecule has 6 rings (SSSR count). The maximum Gasteiger partial charge on any atom is 0.149 e. The Balaban J connectivity index is 1.36. The van der Waals surface area contributed by atoms with Crippen molar-refractivity contribution in [1.82, 2.24) is 4.90 Å². The first-order valence-corrected chi connectivity index (χ1v) is 13.8. The highest BCUT2D eigenvalue weighted by Crippen LogP contribution is 2.47. The van der Waals surface area contributed by atoms with Gasteiger partial charge in [-0.15, -0.1) is 0 Å². The molecule has 0 radical (unpaired) electrons. The van der Waals surface area contributed by atoms with E-state index in [1.165, 1.54) is 22.4 Å². The molecule has 1 saturated heterocycles. The van der Waals surface area contributed by atoms with Gasteiger partial charge in [-0.1, -0.05) is 29.8 Å². The van der Waals surface area contributed by atoms with Crippen molar-refractivity contribution in [2.75, 3.05) is 44.8 Å². The van der Waals surface area contributed by atoms with Crippen LogP contribution in [0.1, 0.15) is 41.5 Å². The molecule has 7 heteroatoms. The quantitative estimate of drug-likeness (QED) is 0.359. The van der Waals surface area contributed by atoms with Gasteiger partial charge in [0.15, 0.2) is 0 Å². The number of halogens is 2. The molecule has 3 aliphatic rings. The van der Waals surface area contributed by atoms with E-state index in [-0.39, 0.29) is 23.6 Å². The smallest absolute Gasteiger partial charge is 0.149 e. The molecule has 2 N–H and O–H groups in total. The van der Waals surface area contributed by atoms with Crippen LogP contribution in [0.25, 0.3) is 11.1 Å². The third-order valence-corrected chi connectivity index (χ3v) is 8.06. The first-order valence-electron chi connectivity index (χ1n) is 13.4. The van der Waals surface area contributed by atoms with Gasteiger partial charge in [0.25, 0.3) is 0 Å². The van der Waals surface area contributed by atoms with E-state index in [0.717, 1.165) is 61.5 Å². The van der Waals surface area contributed by atoms with Gasteiger partial charge in [-0.3, -0.25) is 9.29 Å². The van der Waals surface area contributed by atoms with Gasteiger partial charge >= 0.3 is 0 Å². The molecule has 0 amide bonds. The molecule has 3 aliphatic heterocycles. The minimum Gasteiger partial charge on any atom is -0.506 e. The Hall–Kier alpha value is -3.22. The molecule has 5 nitrogen and oxygen atoms in total. The number of likely N-dealkylation sites (tertiary alicyclic amines) is 1. The van der Waals surface area contributed by atoms with Crippen molar-refractivity contribution in [2.24, 2.45) is 0 Å². The summed E-state index contributed by atoms with van der Waals surface area (Å²) in [6, 6.07) is 18.3. The van der Waals surface area contributed by atoms with Crippen molar-refractivity contribution < 1.29 is 19.0 Å². The van der Waals surface area contributed by atoms with E-state index in [9.17, 15) is 9.50 Å². The Morgan fingerprint density at radius 1 is 1.08 bits per heavy atom. The van der Waals surface area contributed by atoms with Crippen LogP contribution in [0.15, 0.2) is 54.6 Å². The lowest BCUT2D eigenvalue weighted by molar-refractivity contribution is 0.198. The molecule has 0 aromatic heterocycles. The number of nitrogens with zero attached hydrogens (tertiary/aromatic N) is 1. The fraction of sp³-hybridized carbons (Fsp3) is 0.355. The number of rotatable bonds is 7. The normalized spacial score (nSPS) is 18.9. The van der Waals surface area contributed by atoms with Crippen LogP contribution in [-0.2, 0) is 6.42 Å². The third kappa shape index (κ3) is 4.95.